The van der Waals surface area contributed by atoms with Crippen LogP contribution in [0.1, 0.15) is 12.0 Å². The van der Waals surface area contributed by atoms with Crippen LogP contribution >= 0.6 is 0 Å². The standard InChI is InChI=1S/C19H26N4O5/c1-27-14-7-13(8-15(9-14)28-2)11-22-5-4-21-19(26)16(22)10-18(25)23-6-3-20-17(24)12-23/h7-9,16H,3-6,10-12H2,1-2H3,(H,20,24)(H,21,26)/t16-/m0/s1. The lowest BCUT2D eigenvalue weighted by atomic mass is 10.1. The molecule has 0 radical (unpaired) electrons. The molecule has 0 saturated carbocycles. The number of hydrogen-bond acceptors (Lipinski definition) is 6. The summed E-state index contributed by atoms with van der Waals surface area (Å²) in [6.45, 7) is 2.58. The summed E-state index contributed by atoms with van der Waals surface area (Å²) in [6, 6.07) is 4.99. The second-order valence-electron chi connectivity index (χ2n) is 6.87. The van der Waals surface area contributed by atoms with Gasteiger partial charge in [0.25, 0.3) is 0 Å². The number of amides is 3. The number of hydrogen-bond donors (Lipinski definition) is 2. The number of nitrogens with one attached hydrogen (secondary N) is 2. The third kappa shape index (κ3) is 4.72. The Labute approximate surface area is 163 Å². The van der Waals surface area contributed by atoms with Gasteiger partial charge in [0.15, 0.2) is 0 Å². The van der Waals surface area contributed by atoms with Crippen molar-refractivity contribution in [2.45, 2.75) is 19.0 Å². The third-order valence-electron chi connectivity index (χ3n) is 5.00. The average Bonchev–Trinajstić information content (AvgIpc) is 2.70. The van der Waals surface area contributed by atoms with Crippen molar-refractivity contribution >= 4 is 17.7 Å². The minimum atomic E-state index is -0.580. The summed E-state index contributed by atoms with van der Waals surface area (Å²) >= 11 is 0. The molecule has 2 saturated heterocycles. The van der Waals surface area contributed by atoms with Gasteiger partial charge in [-0.05, 0) is 17.7 Å². The van der Waals surface area contributed by atoms with Crippen LogP contribution < -0.4 is 20.1 Å². The molecule has 9 heteroatoms. The summed E-state index contributed by atoms with van der Waals surface area (Å²) in [7, 11) is 3.17. The molecule has 0 aromatic heterocycles. The Kier molecular flexibility index (Phi) is 6.35. The molecule has 0 aliphatic carbocycles. The topological polar surface area (TPSA) is 100 Å². The third-order valence-corrected chi connectivity index (χ3v) is 5.00. The molecule has 2 fully saturated rings. The van der Waals surface area contributed by atoms with Gasteiger partial charge in [0, 0.05) is 38.8 Å². The second-order valence-corrected chi connectivity index (χ2v) is 6.87. The Morgan fingerprint density at radius 2 is 1.75 bits per heavy atom. The van der Waals surface area contributed by atoms with Gasteiger partial charge >= 0.3 is 0 Å². The van der Waals surface area contributed by atoms with Crippen LogP contribution in [0.4, 0.5) is 0 Å². The molecule has 0 spiro atoms. The molecule has 1 aromatic carbocycles. The maximum Gasteiger partial charge on any atom is 0.239 e. The number of carbonyl (C=O) groups excluding carboxylic acids is 3. The smallest absolute Gasteiger partial charge is 0.239 e. The summed E-state index contributed by atoms with van der Waals surface area (Å²) in [5.41, 5.74) is 0.931. The van der Waals surface area contributed by atoms with Crippen LogP contribution in [0.15, 0.2) is 18.2 Å². The van der Waals surface area contributed by atoms with Crippen molar-refractivity contribution in [3.63, 3.8) is 0 Å². The van der Waals surface area contributed by atoms with Crippen LogP contribution in [0, 0.1) is 0 Å². The molecule has 0 unspecified atom stereocenters. The van der Waals surface area contributed by atoms with E-state index in [4.69, 9.17) is 9.47 Å². The summed E-state index contributed by atoms with van der Waals surface area (Å²) < 4.78 is 10.6. The molecule has 2 aliphatic rings. The van der Waals surface area contributed by atoms with Crippen LogP contribution in [0.5, 0.6) is 11.5 Å². The Bertz CT molecular complexity index is 732. The van der Waals surface area contributed by atoms with Crippen LogP contribution in [-0.4, -0.2) is 80.5 Å². The van der Waals surface area contributed by atoms with Gasteiger partial charge in [0.1, 0.15) is 11.5 Å². The number of nitrogens with zero attached hydrogens (tertiary/aromatic N) is 2. The van der Waals surface area contributed by atoms with Crippen molar-refractivity contribution < 1.29 is 23.9 Å². The first-order valence-electron chi connectivity index (χ1n) is 9.28. The van der Waals surface area contributed by atoms with Crippen molar-refractivity contribution in [2.75, 3.05) is 46.9 Å². The monoisotopic (exact) mass is 390 g/mol. The fraction of sp³-hybridized carbons (Fsp3) is 0.526. The van der Waals surface area contributed by atoms with E-state index in [1.165, 1.54) is 4.90 Å². The van der Waals surface area contributed by atoms with Crippen molar-refractivity contribution in [2.24, 2.45) is 0 Å². The van der Waals surface area contributed by atoms with Crippen LogP contribution in [0.25, 0.3) is 0 Å². The Morgan fingerprint density at radius 3 is 2.39 bits per heavy atom. The summed E-state index contributed by atoms with van der Waals surface area (Å²) in [5, 5.41) is 5.53. The SMILES string of the molecule is COc1cc(CN2CCNC(=O)[C@@H]2CC(=O)N2CCNC(=O)C2)cc(OC)c1. The highest BCUT2D eigenvalue weighted by molar-refractivity contribution is 5.91. The van der Waals surface area contributed by atoms with E-state index in [0.29, 0.717) is 44.2 Å². The van der Waals surface area contributed by atoms with E-state index in [-0.39, 0.29) is 30.7 Å². The van der Waals surface area contributed by atoms with Gasteiger partial charge in [-0.2, -0.15) is 0 Å². The van der Waals surface area contributed by atoms with E-state index in [1.54, 1.807) is 20.3 Å². The highest BCUT2D eigenvalue weighted by atomic mass is 16.5. The maximum absolute atomic E-state index is 12.7. The Hall–Kier alpha value is -2.81. The van der Waals surface area contributed by atoms with Crippen LogP contribution in [-0.2, 0) is 20.9 Å². The molecule has 28 heavy (non-hydrogen) atoms. The summed E-state index contributed by atoms with van der Waals surface area (Å²) in [6.07, 6.45) is 0.0419. The van der Waals surface area contributed by atoms with Crippen LogP contribution in [0.3, 0.4) is 0 Å². The zero-order valence-corrected chi connectivity index (χ0v) is 16.2. The summed E-state index contributed by atoms with van der Waals surface area (Å²) in [4.78, 5) is 40.2. The molecule has 2 N–H and O–H groups in total. The molecule has 3 amide bonds. The Morgan fingerprint density at radius 1 is 1.07 bits per heavy atom. The van der Waals surface area contributed by atoms with Crippen molar-refractivity contribution in [3.8, 4) is 11.5 Å². The van der Waals surface area contributed by atoms with Crippen molar-refractivity contribution in [1.82, 2.24) is 20.4 Å². The number of benzene rings is 1. The molecular weight excluding hydrogens is 364 g/mol. The summed E-state index contributed by atoms with van der Waals surface area (Å²) in [5.74, 6) is 0.805. The van der Waals surface area contributed by atoms with Gasteiger partial charge in [-0.3, -0.25) is 19.3 Å². The van der Waals surface area contributed by atoms with Crippen LogP contribution in [0.2, 0.25) is 0 Å². The molecule has 1 aromatic rings. The lowest BCUT2D eigenvalue weighted by Crippen LogP contribution is -2.57. The van der Waals surface area contributed by atoms with E-state index < -0.39 is 6.04 Å². The van der Waals surface area contributed by atoms with Gasteiger partial charge < -0.3 is 25.0 Å². The maximum atomic E-state index is 12.7. The average molecular weight is 390 g/mol. The number of rotatable bonds is 6. The molecule has 0 bridgehead atoms. The largest absolute Gasteiger partial charge is 0.497 e. The predicted octanol–water partition coefficient (Wildman–Crippen LogP) is -0.647. The van der Waals surface area contributed by atoms with Gasteiger partial charge in [0.2, 0.25) is 17.7 Å². The van der Waals surface area contributed by atoms with Gasteiger partial charge in [-0.15, -0.1) is 0 Å². The van der Waals surface area contributed by atoms with E-state index in [0.717, 1.165) is 5.56 Å². The fourth-order valence-electron chi connectivity index (χ4n) is 3.51. The first kappa shape index (κ1) is 19.9. The quantitative estimate of drug-likeness (QED) is 0.670. The molecule has 3 rings (SSSR count). The zero-order valence-electron chi connectivity index (χ0n) is 16.2. The molecular formula is C19H26N4O5. The van der Waals surface area contributed by atoms with E-state index in [2.05, 4.69) is 10.6 Å². The number of ether oxygens (including phenoxy) is 2. The lowest BCUT2D eigenvalue weighted by Gasteiger charge is -2.36. The molecule has 152 valence electrons. The predicted molar refractivity (Wildman–Crippen MR) is 101 cm³/mol. The van der Waals surface area contributed by atoms with E-state index in [9.17, 15) is 14.4 Å². The minimum Gasteiger partial charge on any atom is -0.497 e. The minimum absolute atomic E-state index is 0.0419. The van der Waals surface area contributed by atoms with Gasteiger partial charge in [0.05, 0.1) is 33.2 Å². The normalized spacial score (nSPS) is 20.4. The van der Waals surface area contributed by atoms with Crippen molar-refractivity contribution in [1.29, 1.82) is 0 Å². The van der Waals surface area contributed by atoms with E-state index >= 15 is 0 Å². The molecule has 2 aliphatic heterocycles. The first-order chi connectivity index (χ1) is 13.5. The highest BCUT2D eigenvalue weighted by Crippen LogP contribution is 2.25. The molecule has 1 atom stereocenters. The molecule has 2 heterocycles. The first-order valence-corrected chi connectivity index (χ1v) is 9.28. The number of carbonyl (C=O) groups is 3. The zero-order chi connectivity index (χ0) is 20.1. The second kappa shape index (κ2) is 8.92. The fourth-order valence-corrected chi connectivity index (χ4v) is 3.51. The lowest BCUT2D eigenvalue weighted by molar-refractivity contribution is -0.142. The van der Waals surface area contributed by atoms with E-state index in [1.807, 2.05) is 17.0 Å². The Balaban J connectivity index is 1.72. The number of methoxy groups -OCH3 is 2. The number of piperazine rings is 2. The van der Waals surface area contributed by atoms with Gasteiger partial charge in [-0.25, -0.2) is 0 Å². The van der Waals surface area contributed by atoms with Crippen molar-refractivity contribution in [3.05, 3.63) is 23.8 Å². The van der Waals surface area contributed by atoms with Gasteiger partial charge in [-0.1, -0.05) is 0 Å². The molecule has 9 nitrogen and oxygen atoms in total. The highest BCUT2D eigenvalue weighted by Gasteiger charge is 2.34.